The Morgan fingerprint density at radius 2 is 1.07 bits per heavy atom. The van der Waals surface area contributed by atoms with Gasteiger partial charge in [0.1, 0.15) is 6.29 Å². The number of ether oxygens (including phenoxy) is 3. The van der Waals surface area contributed by atoms with Gasteiger partial charge < -0.3 is 59.6 Å². The first-order valence-electron chi connectivity index (χ1n) is 26.8. The van der Waals surface area contributed by atoms with Crippen LogP contribution in [-0.4, -0.2) is 133 Å². The Morgan fingerprint density at radius 1 is 0.604 bits per heavy atom. The Morgan fingerprint density at radius 3 is 1.55 bits per heavy atom. The van der Waals surface area contributed by atoms with E-state index in [0.29, 0.717) is 62.5 Å². The topological polar surface area (TPSA) is 325 Å². The number of aldehydes is 1. The van der Waals surface area contributed by atoms with Crippen LogP contribution >= 0.6 is 95.6 Å². The maximum Gasteiger partial charge on any atom is 0.491 e. The average Bonchev–Trinajstić information content (AvgIpc) is 3.69. The number of carbonyl (C=O) groups is 6. The van der Waals surface area contributed by atoms with E-state index in [-0.39, 0.29) is 56.8 Å². The van der Waals surface area contributed by atoms with E-state index in [0.717, 1.165) is 88.1 Å². The number of aromatic carboxylic acids is 1. The summed E-state index contributed by atoms with van der Waals surface area (Å²) in [7, 11) is 4.25. The SMILES string of the molecule is COC(=O)c1ccc(Br)c(C)c1.COC(=O)c1ccc(Br)c(CBr)c1.COC(=O)c1ccc(Br)c(CC#N)c1.O=C(O)Cc1cc(C(=O)O)ccc1Br.O=Cc1ccc2c(c1)CCOB2O.OCCc1cc(CO)ccc1Br.O[B]c1ccc(CO)cc1CCO. The van der Waals surface area contributed by atoms with E-state index >= 15 is 0 Å². The Hall–Kier alpha value is -6.22. The van der Waals surface area contributed by atoms with E-state index < -0.39 is 25.0 Å². The molecule has 0 aliphatic carbocycles. The molecule has 1 aliphatic heterocycles. The van der Waals surface area contributed by atoms with Gasteiger partial charge in [0.15, 0.2) is 0 Å². The van der Waals surface area contributed by atoms with E-state index in [9.17, 15) is 33.8 Å². The van der Waals surface area contributed by atoms with Crippen molar-refractivity contribution in [1.82, 2.24) is 0 Å². The zero-order valence-corrected chi connectivity index (χ0v) is 59.0. The molecule has 91 heavy (non-hydrogen) atoms. The summed E-state index contributed by atoms with van der Waals surface area (Å²) in [5, 5.41) is 79.9. The molecule has 0 unspecified atom stereocenters. The van der Waals surface area contributed by atoms with Crippen molar-refractivity contribution >= 4 is 157 Å². The number of nitrogens with zero attached hydrogens (tertiary/aromatic N) is 1. The van der Waals surface area contributed by atoms with Crippen molar-refractivity contribution in [1.29, 1.82) is 5.26 Å². The number of methoxy groups -OCH3 is 3. The van der Waals surface area contributed by atoms with Gasteiger partial charge in [0, 0.05) is 53.1 Å². The van der Waals surface area contributed by atoms with E-state index in [1.165, 1.54) is 39.5 Å². The summed E-state index contributed by atoms with van der Waals surface area (Å²) >= 11 is 19.9. The van der Waals surface area contributed by atoms with Crippen LogP contribution < -0.4 is 10.9 Å². The minimum Gasteiger partial charge on any atom is -0.481 e. The number of aliphatic hydroxyl groups is 4. The molecular weight excluding hydrogens is 1570 g/mol. The first kappa shape index (κ1) is 80.9. The number of carboxylic acid groups (broad SMARTS) is 2. The van der Waals surface area contributed by atoms with Gasteiger partial charge in [0.2, 0.25) is 0 Å². The number of carboxylic acids is 2. The van der Waals surface area contributed by atoms with Gasteiger partial charge in [-0.25, -0.2) is 19.2 Å². The van der Waals surface area contributed by atoms with Crippen molar-refractivity contribution < 1.29 is 88.3 Å². The lowest BCUT2D eigenvalue weighted by Gasteiger charge is -2.18. The van der Waals surface area contributed by atoms with Crippen LogP contribution in [0.4, 0.5) is 0 Å². The monoisotopic (exact) mass is 1630 g/mol. The Bertz CT molecular complexity index is 3590. The zero-order chi connectivity index (χ0) is 68.2. The molecule has 0 saturated carbocycles. The second-order valence-electron chi connectivity index (χ2n) is 18.6. The summed E-state index contributed by atoms with van der Waals surface area (Å²) in [6, 6.07) is 38.1. The average molecular weight is 1640 g/mol. The standard InChI is InChI=1S/C10H8BrNO2.C9H9BO3.C9H12BO3.C9H8Br2O2.C9H7BrO4.C9H9BrO2.C9H11BrO2/c1-14-10(13)8-2-3-9(11)7(6-8)4-5-12;11-6-7-1-2-9-8(5-7)3-4-13-10(9)12;11-4-3-8-5-7(6-12)1-2-9(8)10-13;1-13-9(12)6-2-3-8(11)7(4-6)5-10;10-7-2-1-5(9(13)14)3-6(7)4-8(11)12;1-6-5-7(9(11)12-2)3-4-8(6)10;10-9-2-1-7(6-12)5-8(9)3-4-11/h2-3,6H,4H2,1H3;1-2,5-6,12H,3-4H2;1-2,5,11-13H,3-4,6H2;2-4H,5H2,1H3;1-3H,4H2,(H,11,12)(H,13,14);3-5H,1-2H3;1-2,5,11-12H,3-4,6H2. The van der Waals surface area contributed by atoms with Crippen LogP contribution in [0.2, 0.25) is 0 Å². The lowest BCUT2D eigenvalue weighted by atomic mass is 9.73. The van der Waals surface area contributed by atoms with Crippen LogP contribution in [-0.2, 0) is 74.3 Å². The fraction of sp³-hybridized carbons (Fsp3) is 0.234. The summed E-state index contributed by atoms with van der Waals surface area (Å²) in [6.45, 7) is 2.63. The molecule has 8 rings (SSSR count). The van der Waals surface area contributed by atoms with Gasteiger partial charge in [0.05, 0.1) is 75.7 Å². The molecule has 27 heteroatoms. The quantitative estimate of drug-likeness (QED) is 0.0147. The van der Waals surface area contributed by atoms with Gasteiger partial charge in [0.25, 0.3) is 0 Å². The minimum atomic E-state index is -1.07. The van der Waals surface area contributed by atoms with Crippen molar-refractivity contribution in [2.75, 3.05) is 41.2 Å². The molecule has 0 bridgehead atoms. The lowest BCUT2D eigenvalue weighted by Crippen LogP contribution is -2.41. The lowest BCUT2D eigenvalue weighted by molar-refractivity contribution is -0.136. The first-order valence-corrected chi connectivity index (χ1v) is 31.9. The van der Waals surface area contributed by atoms with Crippen LogP contribution in [0.15, 0.2) is 150 Å². The third kappa shape index (κ3) is 28.7. The summed E-state index contributed by atoms with van der Waals surface area (Å²) in [5.41, 5.74) is 11.6. The van der Waals surface area contributed by atoms with Crippen LogP contribution in [0.3, 0.4) is 0 Å². The molecule has 19 nitrogen and oxygen atoms in total. The molecule has 1 radical (unpaired) electrons. The van der Waals surface area contributed by atoms with Crippen LogP contribution in [0.5, 0.6) is 0 Å². The molecule has 0 amide bonds. The van der Waals surface area contributed by atoms with Crippen LogP contribution in [0.1, 0.15) is 102 Å². The number of alkyl halides is 1. The summed E-state index contributed by atoms with van der Waals surface area (Å²) in [6.07, 6.45) is 2.75. The van der Waals surface area contributed by atoms with Crippen molar-refractivity contribution in [2.45, 2.75) is 57.6 Å². The number of aliphatic hydroxyl groups excluding tert-OH is 4. The molecule has 0 atom stereocenters. The molecule has 7 aromatic carbocycles. The van der Waals surface area contributed by atoms with Gasteiger partial charge in [-0.3, -0.25) is 9.59 Å². The number of halogens is 6. The van der Waals surface area contributed by atoms with Gasteiger partial charge in [-0.05, 0) is 167 Å². The Balaban J connectivity index is 0.000000362. The number of rotatable bonds is 16. The number of hydrogen-bond donors (Lipinski definition) is 8. The molecule has 0 aromatic heterocycles. The van der Waals surface area contributed by atoms with Crippen molar-refractivity contribution in [3.05, 3.63) is 228 Å². The molecule has 481 valence electrons. The van der Waals surface area contributed by atoms with E-state index in [1.54, 1.807) is 78.9 Å². The molecule has 7 aromatic rings. The molecule has 1 heterocycles. The maximum atomic E-state index is 11.2. The second-order valence-corrected chi connectivity index (χ2v) is 23.4. The summed E-state index contributed by atoms with van der Waals surface area (Å²) in [4.78, 5) is 64.8. The van der Waals surface area contributed by atoms with Gasteiger partial charge in [-0.2, -0.15) is 5.26 Å². The Kier molecular flexibility index (Phi) is 39.4. The largest absolute Gasteiger partial charge is 0.491 e. The number of esters is 3. The molecular formula is C64H64B2Br6NO18. The number of nitriles is 1. The normalized spacial score (nSPS) is 10.6. The van der Waals surface area contributed by atoms with Crippen LogP contribution in [0.25, 0.3) is 0 Å². The number of aliphatic carboxylic acids is 1. The highest BCUT2D eigenvalue weighted by molar-refractivity contribution is 9.11. The summed E-state index contributed by atoms with van der Waals surface area (Å²) < 4.78 is 23.2. The number of aryl methyl sites for hydroxylation is 1. The van der Waals surface area contributed by atoms with Crippen molar-refractivity contribution in [2.24, 2.45) is 0 Å². The maximum absolute atomic E-state index is 11.2. The predicted molar refractivity (Wildman–Crippen MR) is 366 cm³/mol. The van der Waals surface area contributed by atoms with Crippen molar-refractivity contribution in [3.63, 3.8) is 0 Å². The Labute approximate surface area is 578 Å². The number of carbonyl (C=O) groups excluding carboxylic acids is 4. The predicted octanol–water partition coefficient (Wildman–Crippen LogP) is 9.94. The van der Waals surface area contributed by atoms with E-state index in [4.69, 9.17) is 45.6 Å². The number of fused-ring (bicyclic) bond motifs is 1. The fourth-order valence-electron chi connectivity index (χ4n) is 7.64. The third-order valence-corrected chi connectivity index (χ3v) is 16.9. The van der Waals surface area contributed by atoms with Crippen LogP contribution in [0, 0.1) is 18.3 Å². The summed E-state index contributed by atoms with van der Waals surface area (Å²) in [5.74, 6) is -3.06. The highest BCUT2D eigenvalue weighted by Gasteiger charge is 2.24. The number of hydrogen-bond acceptors (Lipinski definition) is 17. The number of benzene rings is 7. The van der Waals surface area contributed by atoms with Gasteiger partial charge >= 0.3 is 44.4 Å². The van der Waals surface area contributed by atoms with E-state index in [2.05, 4.69) is 110 Å². The molecule has 1 aliphatic rings. The van der Waals surface area contributed by atoms with Gasteiger partial charge in [-0.1, -0.05) is 144 Å². The van der Waals surface area contributed by atoms with Gasteiger partial charge in [-0.15, -0.1) is 0 Å². The zero-order valence-electron chi connectivity index (χ0n) is 49.5. The minimum absolute atomic E-state index is 0.0237. The molecule has 0 spiro atoms. The highest BCUT2D eigenvalue weighted by Crippen LogP contribution is 2.24. The third-order valence-electron chi connectivity index (χ3n) is 12.4. The molecule has 0 fully saturated rings. The highest BCUT2D eigenvalue weighted by atomic mass is 79.9. The van der Waals surface area contributed by atoms with Crippen molar-refractivity contribution in [3.8, 4) is 6.07 Å². The first-order chi connectivity index (χ1) is 43.4. The van der Waals surface area contributed by atoms with E-state index in [1.807, 2.05) is 43.3 Å². The smallest absolute Gasteiger partial charge is 0.481 e. The molecule has 0 saturated heterocycles. The second kappa shape index (κ2) is 44.3. The molecule has 8 N–H and O–H groups in total. The fourth-order valence-corrected chi connectivity index (χ4v) is 10.3.